The van der Waals surface area contributed by atoms with Crippen molar-refractivity contribution in [3.8, 4) is 0 Å². The van der Waals surface area contributed by atoms with Gasteiger partial charge in [-0.05, 0) is 18.2 Å². The van der Waals surface area contributed by atoms with Crippen LogP contribution in [0.15, 0.2) is 24.3 Å². The van der Waals surface area contributed by atoms with Crippen LogP contribution in [0.25, 0.3) is 0 Å². The van der Waals surface area contributed by atoms with Crippen molar-refractivity contribution in [2.45, 2.75) is 0 Å². The Kier molecular flexibility index (Phi) is 4.15. The SMILES string of the molecule is CNC(=O)c1cccc(N)c1.Cl. The minimum absolute atomic E-state index is 0. The normalized spacial score (nSPS) is 8.42. The predicted molar refractivity (Wildman–Crippen MR) is 51.5 cm³/mol. The highest BCUT2D eigenvalue weighted by molar-refractivity contribution is 5.94. The number of carbonyl (C=O) groups excluding carboxylic acids is 1. The van der Waals surface area contributed by atoms with Gasteiger partial charge in [0.05, 0.1) is 0 Å². The summed E-state index contributed by atoms with van der Waals surface area (Å²) < 4.78 is 0. The summed E-state index contributed by atoms with van der Waals surface area (Å²) in [6.07, 6.45) is 0. The van der Waals surface area contributed by atoms with Gasteiger partial charge in [0.15, 0.2) is 0 Å². The van der Waals surface area contributed by atoms with Crippen LogP contribution < -0.4 is 11.1 Å². The third-order valence-electron chi connectivity index (χ3n) is 1.38. The molecular formula is C8H11ClN2O. The zero-order chi connectivity index (χ0) is 8.27. The lowest BCUT2D eigenvalue weighted by Crippen LogP contribution is -2.17. The highest BCUT2D eigenvalue weighted by atomic mass is 35.5. The van der Waals surface area contributed by atoms with E-state index >= 15 is 0 Å². The molecule has 0 fully saturated rings. The third-order valence-corrected chi connectivity index (χ3v) is 1.38. The third kappa shape index (κ3) is 2.43. The molecule has 1 rings (SSSR count). The molecule has 3 nitrogen and oxygen atoms in total. The molecule has 0 unspecified atom stereocenters. The van der Waals surface area contributed by atoms with Gasteiger partial charge in [-0.2, -0.15) is 0 Å². The molecule has 66 valence electrons. The van der Waals surface area contributed by atoms with Crippen molar-refractivity contribution in [3.63, 3.8) is 0 Å². The Bertz CT molecular complexity index is 276. The zero-order valence-corrected chi connectivity index (χ0v) is 7.52. The lowest BCUT2D eigenvalue weighted by Gasteiger charge is -1.99. The standard InChI is InChI=1S/C8H10N2O.ClH/c1-10-8(11)6-3-2-4-7(9)5-6;/h2-5H,9H2,1H3,(H,10,11);1H. The maximum atomic E-state index is 11.0. The fraction of sp³-hybridized carbons (Fsp3) is 0.125. The number of anilines is 1. The maximum absolute atomic E-state index is 11.0. The fourth-order valence-corrected chi connectivity index (χ4v) is 0.824. The molecule has 0 radical (unpaired) electrons. The van der Waals surface area contributed by atoms with Crippen molar-refractivity contribution in [1.82, 2.24) is 5.32 Å². The minimum atomic E-state index is -0.114. The van der Waals surface area contributed by atoms with E-state index in [-0.39, 0.29) is 18.3 Å². The van der Waals surface area contributed by atoms with Gasteiger partial charge >= 0.3 is 0 Å². The summed E-state index contributed by atoms with van der Waals surface area (Å²) in [5.74, 6) is -0.114. The van der Waals surface area contributed by atoms with Gasteiger partial charge in [0.25, 0.3) is 5.91 Å². The molecule has 0 aliphatic heterocycles. The monoisotopic (exact) mass is 186 g/mol. The van der Waals surface area contributed by atoms with Crippen LogP contribution in [-0.2, 0) is 0 Å². The van der Waals surface area contributed by atoms with Gasteiger partial charge < -0.3 is 11.1 Å². The van der Waals surface area contributed by atoms with Crippen LogP contribution in [0.4, 0.5) is 5.69 Å². The van der Waals surface area contributed by atoms with Gasteiger partial charge in [-0.1, -0.05) is 6.07 Å². The van der Waals surface area contributed by atoms with E-state index in [1.54, 1.807) is 31.3 Å². The first-order valence-electron chi connectivity index (χ1n) is 3.31. The number of hydrogen-bond donors (Lipinski definition) is 2. The van der Waals surface area contributed by atoms with E-state index in [1.165, 1.54) is 0 Å². The molecule has 0 bridgehead atoms. The molecule has 1 amide bonds. The van der Waals surface area contributed by atoms with Gasteiger partial charge in [-0.15, -0.1) is 12.4 Å². The Morgan fingerprint density at radius 1 is 1.50 bits per heavy atom. The summed E-state index contributed by atoms with van der Waals surface area (Å²) in [7, 11) is 1.59. The van der Waals surface area contributed by atoms with Gasteiger partial charge in [0, 0.05) is 18.3 Å². The van der Waals surface area contributed by atoms with Gasteiger partial charge in [0.2, 0.25) is 0 Å². The Labute approximate surface area is 77.4 Å². The van der Waals surface area contributed by atoms with E-state index in [2.05, 4.69) is 5.32 Å². The maximum Gasteiger partial charge on any atom is 0.251 e. The number of carbonyl (C=O) groups is 1. The molecule has 0 saturated carbocycles. The molecule has 0 aliphatic carbocycles. The van der Waals surface area contributed by atoms with Crippen LogP contribution in [0.1, 0.15) is 10.4 Å². The number of halogens is 1. The minimum Gasteiger partial charge on any atom is -0.399 e. The van der Waals surface area contributed by atoms with Gasteiger partial charge in [-0.25, -0.2) is 0 Å². The Morgan fingerprint density at radius 3 is 2.67 bits per heavy atom. The van der Waals surface area contributed by atoms with Gasteiger partial charge in [0.1, 0.15) is 0 Å². The quantitative estimate of drug-likeness (QED) is 0.645. The number of benzene rings is 1. The van der Waals surface area contributed by atoms with E-state index in [1.807, 2.05) is 0 Å². The Hall–Kier alpha value is -1.22. The molecule has 1 aromatic rings. The van der Waals surface area contributed by atoms with Crippen LogP contribution in [0, 0.1) is 0 Å². The van der Waals surface area contributed by atoms with Crippen molar-refractivity contribution in [3.05, 3.63) is 29.8 Å². The molecule has 0 spiro atoms. The first-order chi connectivity index (χ1) is 5.24. The second-order valence-electron chi connectivity index (χ2n) is 2.20. The van der Waals surface area contributed by atoms with E-state index < -0.39 is 0 Å². The molecule has 0 saturated heterocycles. The number of nitrogens with one attached hydrogen (secondary N) is 1. The van der Waals surface area contributed by atoms with Crippen LogP contribution in [-0.4, -0.2) is 13.0 Å². The van der Waals surface area contributed by atoms with E-state index in [0.717, 1.165) is 0 Å². The summed E-state index contributed by atoms with van der Waals surface area (Å²) in [6, 6.07) is 6.85. The molecule has 0 aromatic heterocycles. The summed E-state index contributed by atoms with van der Waals surface area (Å²) in [4.78, 5) is 11.0. The molecule has 0 heterocycles. The molecule has 1 aromatic carbocycles. The lowest BCUT2D eigenvalue weighted by molar-refractivity contribution is 0.0963. The van der Waals surface area contributed by atoms with E-state index in [9.17, 15) is 4.79 Å². The number of hydrogen-bond acceptors (Lipinski definition) is 2. The van der Waals surface area contributed by atoms with Crippen molar-refractivity contribution in [2.24, 2.45) is 0 Å². The zero-order valence-electron chi connectivity index (χ0n) is 6.70. The molecule has 0 atom stereocenters. The van der Waals surface area contributed by atoms with Crippen LogP contribution in [0.2, 0.25) is 0 Å². The average molecular weight is 187 g/mol. The van der Waals surface area contributed by atoms with Crippen molar-refractivity contribution in [1.29, 1.82) is 0 Å². The smallest absolute Gasteiger partial charge is 0.251 e. The van der Waals surface area contributed by atoms with Crippen LogP contribution in [0.5, 0.6) is 0 Å². The molecule has 3 N–H and O–H groups in total. The molecule has 0 aliphatic rings. The highest BCUT2D eigenvalue weighted by Gasteiger charge is 2.00. The number of nitrogens with two attached hydrogens (primary N) is 1. The number of amides is 1. The number of rotatable bonds is 1. The fourth-order valence-electron chi connectivity index (χ4n) is 0.824. The van der Waals surface area contributed by atoms with Crippen molar-refractivity contribution >= 4 is 24.0 Å². The average Bonchev–Trinajstić information content (AvgIpc) is 2.03. The second kappa shape index (κ2) is 4.62. The number of nitrogen functional groups attached to an aromatic ring is 1. The summed E-state index contributed by atoms with van der Waals surface area (Å²) >= 11 is 0. The van der Waals surface area contributed by atoms with Crippen molar-refractivity contribution < 1.29 is 4.79 Å². The van der Waals surface area contributed by atoms with Crippen LogP contribution >= 0.6 is 12.4 Å². The molecule has 12 heavy (non-hydrogen) atoms. The Morgan fingerprint density at radius 2 is 2.17 bits per heavy atom. The Balaban J connectivity index is 0.00000121. The highest BCUT2D eigenvalue weighted by Crippen LogP contribution is 2.05. The largest absolute Gasteiger partial charge is 0.399 e. The predicted octanol–water partition coefficient (Wildman–Crippen LogP) is 1.05. The molecule has 4 heteroatoms. The van der Waals surface area contributed by atoms with E-state index in [0.29, 0.717) is 11.3 Å². The van der Waals surface area contributed by atoms with E-state index in [4.69, 9.17) is 5.73 Å². The first-order valence-corrected chi connectivity index (χ1v) is 3.31. The topological polar surface area (TPSA) is 55.1 Å². The summed E-state index contributed by atoms with van der Waals surface area (Å²) in [5, 5.41) is 2.51. The summed E-state index contributed by atoms with van der Waals surface area (Å²) in [5.41, 5.74) is 6.66. The van der Waals surface area contributed by atoms with Crippen molar-refractivity contribution in [2.75, 3.05) is 12.8 Å². The van der Waals surface area contributed by atoms with Gasteiger partial charge in [-0.3, -0.25) is 4.79 Å². The second-order valence-corrected chi connectivity index (χ2v) is 2.20. The summed E-state index contributed by atoms with van der Waals surface area (Å²) in [6.45, 7) is 0. The first kappa shape index (κ1) is 10.8. The lowest BCUT2D eigenvalue weighted by atomic mass is 10.2. The van der Waals surface area contributed by atoms with Crippen LogP contribution in [0.3, 0.4) is 0 Å². The molecular weight excluding hydrogens is 176 g/mol.